The number of hydrogen-bond acceptors (Lipinski definition) is 4. The number of anilines is 1. The molecule has 2 aliphatic rings. The fourth-order valence-corrected chi connectivity index (χ4v) is 4.12. The van der Waals surface area contributed by atoms with Gasteiger partial charge < -0.3 is 10.6 Å². The summed E-state index contributed by atoms with van der Waals surface area (Å²) in [5.41, 5.74) is 0.778. The third-order valence-electron chi connectivity index (χ3n) is 3.72. The van der Waals surface area contributed by atoms with Gasteiger partial charge in [-0.2, -0.15) is 0 Å². The van der Waals surface area contributed by atoms with Gasteiger partial charge in [0.1, 0.15) is 0 Å². The molecule has 1 saturated heterocycles. The predicted octanol–water partition coefficient (Wildman–Crippen LogP) is 0.478. The summed E-state index contributed by atoms with van der Waals surface area (Å²) < 4.78 is 0. The largest absolute Gasteiger partial charge is 0.358 e. The van der Waals surface area contributed by atoms with E-state index < -0.39 is 4.87 Å². The molecule has 110 valence electrons. The highest BCUT2D eigenvalue weighted by Gasteiger charge is 2.57. The molecule has 0 aliphatic carbocycles. The Morgan fingerprint density at radius 3 is 2.90 bits per heavy atom. The summed E-state index contributed by atoms with van der Waals surface area (Å²) in [6.07, 6.45) is 0.791. The number of carbonyl (C=O) groups is 3. The predicted molar refractivity (Wildman–Crippen MR) is 78.8 cm³/mol. The molecule has 2 N–H and O–H groups in total. The van der Waals surface area contributed by atoms with Crippen molar-refractivity contribution in [2.75, 3.05) is 18.5 Å². The normalized spacial score (nSPS) is 22.7. The lowest BCUT2D eigenvalue weighted by Crippen LogP contribution is -2.53. The van der Waals surface area contributed by atoms with Crippen LogP contribution in [0, 0.1) is 0 Å². The van der Waals surface area contributed by atoms with Gasteiger partial charge in [-0.25, -0.2) is 0 Å². The number of nitrogens with zero attached hydrogens (tertiary/aromatic N) is 1. The first-order chi connectivity index (χ1) is 10.1. The van der Waals surface area contributed by atoms with Gasteiger partial charge in [0, 0.05) is 18.4 Å². The van der Waals surface area contributed by atoms with Crippen LogP contribution in [-0.2, 0) is 14.4 Å². The first-order valence-electron chi connectivity index (χ1n) is 6.68. The Kier molecular flexibility index (Phi) is 3.36. The third kappa shape index (κ3) is 2.08. The molecule has 0 bridgehead atoms. The Bertz CT molecular complexity index is 634. The number of likely N-dealkylation sites (N-methyl/N-ethyl adjacent to an activating group) is 1. The lowest BCUT2D eigenvalue weighted by Gasteiger charge is -2.29. The standard InChI is InChI=1S/C14H15N3O3S/c1-15-11(18)8-16-13(20)14-7-6-12(19)17(14)9-4-2-3-5-10(9)21-14/h2-5H,6-8H2,1H3,(H,15,18)(H,16,20)/t14-/m1/s1. The van der Waals surface area contributed by atoms with Gasteiger partial charge in [0.25, 0.3) is 5.91 Å². The number of para-hydroxylation sites is 1. The van der Waals surface area contributed by atoms with Crippen molar-refractivity contribution in [3.05, 3.63) is 24.3 Å². The summed E-state index contributed by atoms with van der Waals surface area (Å²) in [6.45, 7) is -0.0873. The highest BCUT2D eigenvalue weighted by molar-refractivity contribution is 8.02. The highest BCUT2D eigenvalue weighted by atomic mass is 32.2. The Morgan fingerprint density at radius 1 is 1.38 bits per heavy atom. The Balaban J connectivity index is 1.88. The van der Waals surface area contributed by atoms with Gasteiger partial charge in [0.2, 0.25) is 11.8 Å². The number of amides is 3. The lowest BCUT2D eigenvalue weighted by molar-refractivity contribution is -0.127. The lowest BCUT2D eigenvalue weighted by atomic mass is 10.2. The van der Waals surface area contributed by atoms with E-state index in [2.05, 4.69) is 10.6 Å². The van der Waals surface area contributed by atoms with Crippen molar-refractivity contribution in [3.8, 4) is 0 Å². The molecule has 0 unspecified atom stereocenters. The molecule has 0 saturated carbocycles. The van der Waals surface area contributed by atoms with Crippen LogP contribution < -0.4 is 15.5 Å². The SMILES string of the molecule is CNC(=O)CNC(=O)[C@]12CCC(=O)N1c1ccccc1S2. The minimum Gasteiger partial charge on any atom is -0.358 e. The zero-order valence-electron chi connectivity index (χ0n) is 11.5. The van der Waals surface area contributed by atoms with Crippen LogP contribution in [-0.4, -0.2) is 36.2 Å². The molecule has 6 nitrogen and oxygen atoms in total. The summed E-state index contributed by atoms with van der Waals surface area (Å²) in [4.78, 5) is 37.6. The second-order valence-electron chi connectivity index (χ2n) is 4.94. The van der Waals surface area contributed by atoms with Crippen molar-refractivity contribution in [2.24, 2.45) is 0 Å². The first kappa shape index (κ1) is 13.9. The van der Waals surface area contributed by atoms with E-state index in [9.17, 15) is 14.4 Å². The molecule has 0 aromatic heterocycles. The second-order valence-corrected chi connectivity index (χ2v) is 6.26. The van der Waals surface area contributed by atoms with Crippen molar-refractivity contribution in [1.82, 2.24) is 10.6 Å². The van der Waals surface area contributed by atoms with E-state index in [1.165, 1.54) is 18.8 Å². The van der Waals surface area contributed by atoms with Crippen molar-refractivity contribution < 1.29 is 14.4 Å². The topological polar surface area (TPSA) is 78.5 Å². The second kappa shape index (κ2) is 5.07. The number of benzene rings is 1. The quantitative estimate of drug-likeness (QED) is 0.851. The van der Waals surface area contributed by atoms with Crippen LogP contribution in [0.15, 0.2) is 29.2 Å². The van der Waals surface area contributed by atoms with Gasteiger partial charge in [0.05, 0.1) is 12.2 Å². The van der Waals surface area contributed by atoms with Crippen molar-refractivity contribution in [2.45, 2.75) is 22.6 Å². The average Bonchev–Trinajstić information content (AvgIpc) is 3.00. The molecule has 0 radical (unpaired) electrons. The van der Waals surface area contributed by atoms with E-state index in [0.29, 0.717) is 12.8 Å². The molecule has 1 aromatic carbocycles. The summed E-state index contributed by atoms with van der Waals surface area (Å²) in [6, 6.07) is 7.48. The molecule has 21 heavy (non-hydrogen) atoms. The molecular formula is C14H15N3O3S. The molecule has 2 aliphatic heterocycles. The first-order valence-corrected chi connectivity index (χ1v) is 7.50. The van der Waals surface area contributed by atoms with Crippen molar-refractivity contribution in [3.63, 3.8) is 0 Å². The van der Waals surface area contributed by atoms with Crippen LogP contribution in [0.5, 0.6) is 0 Å². The smallest absolute Gasteiger partial charge is 0.257 e. The summed E-state index contributed by atoms with van der Waals surface area (Å²) in [5.74, 6) is -0.614. The summed E-state index contributed by atoms with van der Waals surface area (Å²) in [7, 11) is 1.51. The number of hydrogen-bond donors (Lipinski definition) is 2. The fourth-order valence-electron chi connectivity index (χ4n) is 2.69. The minimum absolute atomic E-state index is 0.0532. The van der Waals surface area contributed by atoms with E-state index in [0.717, 1.165) is 10.6 Å². The molecule has 3 amide bonds. The van der Waals surface area contributed by atoms with E-state index in [1.54, 1.807) is 4.90 Å². The minimum atomic E-state index is -0.950. The maximum atomic E-state index is 12.6. The zero-order valence-corrected chi connectivity index (χ0v) is 12.3. The molecule has 2 heterocycles. The molecule has 3 rings (SSSR count). The molecule has 7 heteroatoms. The molecule has 1 fully saturated rings. The van der Waals surface area contributed by atoms with E-state index >= 15 is 0 Å². The van der Waals surface area contributed by atoms with Crippen LogP contribution >= 0.6 is 11.8 Å². The van der Waals surface area contributed by atoms with Crippen LogP contribution in [0.4, 0.5) is 5.69 Å². The fraction of sp³-hybridized carbons (Fsp3) is 0.357. The van der Waals surface area contributed by atoms with E-state index in [4.69, 9.17) is 0 Å². The number of thioether (sulfide) groups is 1. The van der Waals surface area contributed by atoms with Gasteiger partial charge in [-0.05, 0) is 18.6 Å². The van der Waals surface area contributed by atoms with Crippen LogP contribution in [0.25, 0.3) is 0 Å². The number of carbonyl (C=O) groups excluding carboxylic acids is 3. The third-order valence-corrected chi connectivity index (χ3v) is 5.19. The van der Waals surface area contributed by atoms with Crippen LogP contribution in [0.3, 0.4) is 0 Å². The number of nitrogens with one attached hydrogen (secondary N) is 2. The van der Waals surface area contributed by atoms with Crippen LogP contribution in [0.2, 0.25) is 0 Å². The van der Waals surface area contributed by atoms with E-state index in [-0.39, 0.29) is 24.3 Å². The van der Waals surface area contributed by atoms with Gasteiger partial charge in [0.15, 0.2) is 4.87 Å². The maximum absolute atomic E-state index is 12.6. The maximum Gasteiger partial charge on any atom is 0.257 e. The Hall–Kier alpha value is -2.02. The Labute approximate surface area is 126 Å². The van der Waals surface area contributed by atoms with Gasteiger partial charge >= 0.3 is 0 Å². The summed E-state index contributed by atoms with van der Waals surface area (Å²) >= 11 is 1.39. The monoisotopic (exact) mass is 305 g/mol. The summed E-state index contributed by atoms with van der Waals surface area (Å²) in [5, 5.41) is 5.08. The van der Waals surface area contributed by atoms with Crippen molar-refractivity contribution >= 4 is 35.2 Å². The molecule has 1 aromatic rings. The molecule has 1 atom stereocenters. The zero-order chi connectivity index (χ0) is 15.0. The average molecular weight is 305 g/mol. The molecule has 0 spiro atoms. The molecular weight excluding hydrogens is 290 g/mol. The number of fused-ring (bicyclic) bond motifs is 3. The van der Waals surface area contributed by atoms with Crippen LogP contribution in [0.1, 0.15) is 12.8 Å². The van der Waals surface area contributed by atoms with Gasteiger partial charge in [-0.3, -0.25) is 19.3 Å². The number of rotatable bonds is 3. The van der Waals surface area contributed by atoms with Gasteiger partial charge in [-0.1, -0.05) is 23.9 Å². The van der Waals surface area contributed by atoms with Crippen molar-refractivity contribution in [1.29, 1.82) is 0 Å². The highest BCUT2D eigenvalue weighted by Crippen LogP contribution is 2.55. The Morgan fingerprint density at radius 2 is 2.14 bits per heavy atom. The van der Waals surface area contributed by atoms with Gasteiger partial charge in [-0.15, -0.1) is 0 Å². The van der Waals surface area contributed by atoms with E-state index in [1.807, 2.05) is 24.3 Å².